The standard InChI is InChI=1S/C12H11FN4S/c1-7-4-5-16-12(17-7)18-10-3-2-8(13)6-9(10)11(14)15/h2-6H,1H3,(H3,14,15). The van der Waals surface area contributed by atoms with Gasteiger partial charge in [0, 0.05) is 22.3 Å². The second kappa shape index (κ2) is 5.14. The van der Waals surface area contributed by atoms with Gasteiger partial charge in [-0.1, -0.05) is 0 Å². The second-order valence-electron chi connectivity index (χ2n) is 3.64. The van der Waals surface area contributed by atoms with Gasteiger partial charge in [-0.15, -0.1) is 0 Å². The number of benzene rings is 1. The van der Waals surface area contributed by atoms with E-state index in [9.17, 15) is 4.39 Å². The predicted octanol–water partition coefficient (Wildman–Crippen LogP) is 2.36. The molecule has 2 rings (SSSR count). The van der Waals surface area contributed by atoms with Crippen LogP contribution in [0, 0.1) is 18.2 Å². The van der Waals surface area contributed by atoms with Crippen molar-refractivity contribution in [2.45, 2.75) is 17.0 Å². The van der Waals surface area contributed by atoms with Crippen LogP contribution in [0.25, 0.3) is 0 Å². The van der Waals surface area contributed by atoms with Crippen LogP contribution in [0.4, 0.5) is 4.39 Å². The zero-order valence-electron chi connectivity index (χ0n) is 9.64. The number of amidine groups is 1. The molecule has 0 amide bonds. The molecule has 0 aliphatic carbocycles. The molecule has 0 saturated heterocycles. The van der Waals surface area contributed by atoms with Crippen molar-refractivity contribution in [1.82, 2.24) is 9.97 Å². The third-order valence-corrected chi connectivity index (χ3v) is 3.16. The first-order chi connectivity index (χ1) is 8.56. The van der Waals surface area contributed by atoms with Crippen LogP contribution in [0.2, 0.25) is 0 Å². The number of rotatable bonds is 3. The highest BCUT2D eigenvalue weighted by molar-refractivity contribution is 7.99. The van der Waals surface area contributed by atoms with Crippen LogP contribution >= 0.6 is 11.8 Å². The maximum atomic E-state index is 13.1. The first-order valence-electron chi connectivity index (χ1n) is 5.17. The molecule has 3 N–H and O–H groups in total. The molecule has 0 aliphatic heterocycles. The maximum absolute atomic E-state index is 13.1. The third-order valence-electron chi connectivity index (χ3n) is 2.21. The number of hydrogen-bond acceptors (Lipinski definition) is 4. The Morgan fingerprint density at radius 1 is 1.39 bits per heavy atom. The van der Waals surface area contributed by atoms with E-state index in [2.05, 4.69) is 9.97 Å². The topological polar surface area (TPSA) is 75.7 Å². The summed E-state index contributed by atoms with van der Waals surface area (Å²) in [7, 11) is 0. The van der Waals surface area contributed by atoms with Crippen molar-refractivity contribution in [3.05, 3.63) is 47.5 Å². The van der Waals surface area contributed by atoms with Crippen LogP contribution in [0.5, 0.6) is 0 Å². The van der Waals surface area contributed by atoms with E-state index in [1.165, 1.54) is 23.9 Å². The number of nitrogens with one attached hydrogen (secondary N) is 1. The number of hydrogen-bond donors (Lipinski definition) is 2. The Balaban J connectivity index is 2.37. The number of halogens is 1. The Morgan fingerprint density at radius 3 is 2.83 bits per heavy atom. The van der Waals surface area contributed by atoms with E-state index in [4.69, 9.17) is 11.1 Å². The highest BCUT2D eigenvalue weighted by atomic mass is 32.2. The van der Waals surface area contributed by atoms with E-state index in [-0.39, 0.29) is 5.84 Å². The van der Waals surface area contributed by atoms with E-state index in [0.29, 0.717) is 15.6 Å². The molecule has 92 valence electrons. The van der Waals surface area contributed by atoms with Gasteiger partial charge in [0.15, 0.2) is 5.16 Å². The van der Waals surface area contributed by atoms with Gasteiger partial charge in [-0.2, -0.15) is 0 Å². The molecule has 6 heteroatoms. The Kier molecular flexibility index (Phi) is 3.57. The van der Waals surface area contributed by atoms with E-state index in [1.54, 1.807) is 18.3 Å². The van der Waals surface area contributed by atoms with Gasteiger partial charge < -0.3 is 5.73 Å². The van der Waals surface area contributed by atoms with Crippen LogP contribution in [-0.2, 0) is 0 Å². The van der Waals surface area contributed by atoms with Crippen molar-refractivity contribution in [3.8, 4) is 0 Å². The van der Waals surface area contributed by atoms with Gasteiger partial charge in [0.25, 0.3) is 0 Å². The Hall–Kier alpha value is -1.95. The number of aryl methyl sites for hydroxylation is 1. The van der Waals surface area contributed by atoms with Crippen LogP contribution in [0.3, 0.4) is 0 Å². The van der Waals surface area contributed by atoms with Gasteiger partial charge >= 0.3 is 0 Å². The molecule has 2 aromatic rings. The summed E-state index contributed by atoms with van der Waals surface area (Å²) < 4.78 is 13.1. The molecule has 0 saturated carbocycles. The van der Waals surface area contributed by atoms with Gasteiger partial charge in [-0.25, -0.2) is 14.4 Å². The molecule has 4 nitrogen and oxygen atoms in total. The molecule has 0 unspecified atom stereocenters. The molecule has 0 fully saturated rings. The van der Waals surface area contributed by atoms with E-state index in [0.717, 1.165) is 5.69 Å². The van der Waals surface area contributed by atoms with Crippen LogP contribution in [0.1, 0.15) is 11.3 Å². The average Bonchev–Trinajstić information content (AvgIpc) is 2.31. The predicted molar refractivity (Wildman–Crippen MR) is 68.3 cm³/mol. The fourth-order valence-corrected chi connectivity index (χ4v) is 2.29. The molecule has 1 heterocycles. The van der Waals surface area contributed by atoms with Gasteiger partial charge in [-0.3, -0.25) is 5.41 Å². The molecule has 0 atom stereocenters. The lowest BCUT2D eigenvalue weighted by Crippen LogP contribution is -2.12. The van der Waals surface area contributed by atoms with Crippen LogP contribution in [0.15, 0.2) is 40.5 Å². The zero-order valence-corrected chi connectivity index (χ0v) is 10.5. The number of nitrogen functional groups attached to an aromatic ring is 1. The van der Waals surface area contributed by atoms with Crippen molar-refractivity contribution < 1.29 is 4.39 Å². The Labute approximate surface area is 108 Å². The zero-order chi connectivity index (χ0) is 13.1. The van der Waals surface area contributed by atoms with Crippen molar-refractivity contribution in [3.63, 3.8) is 0 Å². The normalized spacial score (nSPS) is 10.3. The van der Waals surface area contributed by atoms with Crippen molar-refractivity contribution in [1.29, 1.82) is 5.41 Å². The number of aromatic nitrogens is 2. The second-order valence-corrected chi connectivity index (χ2v) is 4.65. The number of nitrogens with zero attached hydrogens (tertiary/aromatic N) is 2. The summed E-state index contributed by atoms with van der Waals surface area (Å²) >= 11 is 1.26. The first-order valence-corrected chi connectivity index (χ1v) is 5.99. The van der Waals surface area contributed by atoms with E-state index >= 15 is 0 Å². The smallest absolute Gasteiger partial charge is 0.192 e. The minimum Gasteiger partial charge on any atom is -0.384 e. The summed E-state index contributed by atoms with van der Waals surface area (Å²) in [5.41, 5.74) is 6.63. The summed E-state index contributed by atoms with van der Waals surface area (Å²) in [5, 5.41) is 7.98. The minimum atomic E-state index is -0.422. The highest BCUT2D eigenvalue weighted by Crippen LogP contribution is 2.28. The lowest BCUT2D eigenvalue weighted by atomic mass is 10.2. The molecular formula is C12H11FN4S. The van der Waals surface area contributed by atoms with Crippen molar-refractivity contribution >= 4 is 17.6 Å². The molecular weight excluding hydrogens is 251 g/mol. The molecule has 1 aromatic carbocycles. The fourth-order valence-electron chi connectivity index (χ4n) is 1.38. The highest BCUT2D eigenvalue weighted by Gasteiger charge is 2.10. The molecule has 0 aliphatic rings. The Bertz CT molecular complexity index is 600. The summed E-state index contributed by atoms with van der Waals surface area (Å²) in [6.07, 6.45) is 1.65. The largest absolute Gasteiger partial charge is 0.384 e. The molecule has 0 spiro atoms. The monoisotopic (exact) mass is 262 g/mol. The lowest BCUT2D eigenvalue weighted by Gasteiger charge is -2.07. The van der Waals surface area contributed by atoms with Crippen LogP contribution < -0.4 is 5.73 Å². The molecule has 18 heavy (non-hydrogen) atoms. The van der Waals surface area contributed by atoms with Gasteiger partial charge in [0.05, 0.1) is 0 Å². The lowest BCUT2D eigenvalue weighted by molar-refractivity contribution is 0.626. The summed E-state index contributed by atoms with van der Waals surface area (Å²) in [6, 6.07) is 5.92. The van der Waals surface area contributed by atoms with Crippen molar-refractivity contribution in [2.24, 2.45) is 5.73 Å². The fraction of sp³-hybridized carbons (Fsp3) is 0.0833. The quantitative estimate of drug-likeness (QED) is 0.506. The van der Waals surface area contributed by atoms with Gasteiger partial charge in [0.1, 0.15) is 11.7 Å². The first kappa shape index (κ1) is 12.5. The van der Waals surface area contributed by atoms with Crippen molar-refractivity contribution in [2.75, 3.05) is 0 Å². The molecule has 0 bridgehead atoms. The Morgan fingerprint density at radius 2 is 2.17 bits per heavy atom. The number of nitrogens with two attached hydrogens (primary N) is 1. The van der Waals surface area contributed by atoms with E-state index < -0.39 is 5.82 Å². The summed E-state index contributed by atoms with van der Waals surface area (Å²) in [4.78, 5) is 9.00. The molecule has 1 aromatic heterocycles. The van der Waals surface area contributed by atoms with Crippen LogP contribution in [-0.4, -0.2) is 15.8 Å². The molecule has 0 radical (unpaired) electrons. The van der Waals surface area contributed by atoms with Gasteiger partial charge in [0.2, 0.25) is 0 Å². The summed E-state index contributed by atoms with van der Waals surface area (Å²) in [6.45, 7) is 1.86. The SMILES string of the molecule is Cc1ccnc(Sc2ccc(F)cc2C(=N)N)n1. The minimum absolute atomic E-state index is 0.176. The summed E-state index contributed by atoms with van der Waals surface area (Å²) in [5.74, 6) is -0.598. The van der Waals surface area contributed by atoms with Gasteiger partial charge in [-0.05, 0) is 43.0 Å². The average molecular weight is 262 g/mol. The van der Waals surface area contributed by atoms with E-state index in [1.807, 2.05) is 6.92 Å². The third kappa shape index (κ3) is 2.84. The maximum Gasteiger partial charge on any atom is 0.192 e.